The second-order valence-electron chi connectivity index (χ2n) is 3.05. The molecule has 1 unspecified atom stereocenters. The van der Waals surface area contributed by atoms with Crippen molar-refractivity contribution in [3.8, 4) is 0 Å². The van der Waals surface area contributed by atoms with Gasteiger partial charge in [0.15, 0.2) is 0 Å². The van der Waals surface area contributed by atoms with E-state index in [0.29, 0.717) is 0 Å². The molecule has 0 radical (unpaired) electrons. The quantitative estimate of drug-likeness (QED) is 0.429. The van der Waals surface area contributed by atoms with Crippen LogP contribution >= 0.6 is 0 Å². The van der Waals surface area contributed by atoms with Crippen LogP contribution in [0, 0.1) is 0 Å². The van der Waals surface area contributed by atoms with Gasteiger partial charge in [-0.1, -0.05) is 0 Å². The Morgan fingerprint density at radius 2 is 2.20 bits per heavy atom. The molecule has 0 aromatic rings. The summed E-state index contributed by atoms with van der Waals surface area (Å²) in [7, 11) is -4.90. The predicted octanol–water partition coefficient (Wildman–Crippen LogP) is -2.34. The van der Waals surface area contributed by atoms with E-state index in [1.54, 1.807) is 0 Å². The number of carbonyl (C=O) groups is 1. The number of aliphatic carboxylic acids is 1. The maximum absolute atomic E-state index is 10.4. The Morgan fingerprint density at radius 1 is 1.60 bits per heavy atom. The molecule has 1 aliphatic rings. The van der Waals surface area contributed by atoms with Gasteiger partial charge >= 0.3 is 0 Å². The molecule has 0 bridgehead atoms. The SMILES string of the molecule is O=C([O-])C1=C[C@@H](O)C(OS(=O)(=O)[O-])CC1. The minimum atomic E-state index is -4.90. The molecule has 0 aromatic heterocycles. The lowest BCUT2D eigenvalue weighted by molar-refractivity contribution is -0.299. The van der Waals surface area contributed by atoms with E-state index < -0.39 is 28.6 Å². The molecule has 1 rings (SSSR count). The summed E-state index contributed by atoms with van der Waals surface area (Å²) in [6.07, 6.45) is -1.83. The van der Waals surface area contributed by atoms with E-state index in [2.05, 4.69) is 4.18 Å². The molecule has 0 aliphatic heterocycles. The van der Waals surface area contributed by atoms with Crippen LogP contribution < -0.4 is 5.11 Å². The zero-order valence-electron chi connectivity index (χ0n) is 7.45. The van der Waals surface area contributed by atoms with Crippen LogP contribution in [0.3, 0.4) is 0 Å². The van der Waals surface area contributed by atoms with Gasteiger partial charge in [0.2, 0.25) is 10.4 Å². The molecule has 2 atom stereocenters. The van der Waals surface area contributed by atoms with Crippen LogP contribution in [0.25, 0.3) is 0 Å². The fourth-order valence-electron chi connectivity index (χ4n) is 1.29. The van der Waals surface area contributed by atoms with E-state index in [9.17, 15) is 28.0 Å². The second-order valence-corrected chi connectivity index (χ2v) is 4.06. The van der Waals surface area contributed by atoms with Crippen LogP contribution in [0.15, 0.2) is 11.6 Å². The van der Waals surface area contributed by atoms with Gasteiger partial charge in [0, 0.05) is 0 Å². The Hall–Kier alpha value is -0.960. The van der Waals surface area contributed by atoms with Gasteiger partial charge in [-0.05, 0) is 24.5 Å². The molecule has 0 saturated carbocycles. The summed E-state index contributed by atoms with van der Waals surface area (Å²) in [5.41, 5.74) is -0.134. The number of carboxylic acids is 1. The molecule has 8 heteroatoms. The van der Waals surface area contributed by atoms with Gasteiger partial charge in [-0.25, -0.2) is 8.42 Å². The lowest BCUT2D eigenvalue weighted by atomic mass is 9.95. The average molecular weight is 236 g/mol. The molecule has 1 N–H and O–H groups in total. The highest BCUT2D eigenvalue weighted by Gasteiger charge is 2.25. The topological polar surface area (TPSA) is 127 Å². The summed E-state index contributed by atoms with van der Waals surface area (Å²) in [5.74, 6) is -1.43. The molecule has 7 nitrogen and oxygen atoms in total. The molecule has 0 fully saturated rings. The first-order chi connectivity index (χ1) is 6.79. The third-order valence-electron chi connectivity index (χ3n) is 1.95. The van der Waals surface area contributed by atoms with Crippen LogP contribution in [0.1, 0.15) is 12.8 Å². The molecule has 0 amide bonds. The molecule has 0 aromatic carbocycles. The minimum absolute atomic E-state index is 0.0143. The predicted molar refractivity (Wildman–Crippen MR) is 42.9 cm³/mol. The Labute approximate surface area is 85.9 Å². The van der Waals surface area contributed by atoms with E-state index in [4.69, 9.17) is 0 Å². The number of hydrogen-bond donors (Lipinski definition) is 1. The van der Waals surface area contributed by atoms with E-state index in [1.165, 1.54) is 0 Å². The van der Waals surface area contributed by atoms with Crippen molar-refractivity contribution in [2.75, 3.05) is 0 Å². The van der Waals surface area contributed by atoms with Gasteiger partial charge in [0.25, 0.3) is 0 Å². The number of rotatable bonds is 3. The summed E-state index contributed by atoms with van der Waals surface area (Å²) >= 11 is 0. The van der Waals surface area contributed by atoms with Gasteiger partial charge in [-0.2, -0.15) is 0 Å². The van der Waals surface area contributed by atoms with Crippen molar-refractivity contribution in [2.45, 2.75) is 25.0 Å². The molecular weight excluding hydrogens is 228 g/mol. The maximum atomic E-state index is 10.4. The summed E-state index contributed by atoms with van der Waals surface area (Å²) < 4.78 is 34.7. The minimum Gasteiger partial charge on any atom is -0.726 e. The molecule has 1 aliphatic carbocycles. The van der Waals surface area contributed by atoms with Gasteiger partial charge < -0.3 is 19.6 Å². The number of hydrogen-bond acceptors (Lipinski definition) is 7. The fraction of sp³-hybridized carbons (Fsp3) is 0.571. The largest absolute Gasteiger partial charge is 0.726 e. The van der Waals surface area contributed by atoms with E-state index in [-0.39, 0.29) is 18.4 Å². The molecular formula is C7H8O7S-2. The summed E-state index contributed by atoms with van der Waals surface area (Å²) in [6.45, 7) is 0. The molecule has 15 heavy (non-hydrogen) atoms. The maximum Gasteiger partial charge on any atom is 0.218 e. The monoisotopic (exact) mass is 236 g/mol. The Bertz CT molecular complexity index is 382. The highest BCUT2D eigenvalue weighted by molar-refractivity contribution is 7.80. The second kappa shape index (κ2) is 4.27. The first kappa shape index (κ1) is 12.1. The first-order valence-electron chi connectivity index (χ1n) is 4.04. The Balaban J connectivity index is 2.73. The summed E-state index contributed by atoms with van der Waals surface area (Å²) in [5, 5.41) is 19.6. The molecule has 0 saturated heterocycles. The number of aliphatic hydroxyl groups is 1. The van der Waals surface area contributed by atoms with Gasteiger partial charge in [0.05, 0.1) is 5.97 Å². The van der Waals surface area contributed by atoms with Crippen molar-refractivity contribution in [3.05, 3.63) is 11.6 Å². The normalized spacial score (nSPS) is 27.2. The number of carboxylic acid groups (broad SMARTS) is 1. The molecule has 0 spiro atoms. The van der Waals surface area contributed by atoms with Crippen molar-refractivity contribution in [1.82, 2.24) is 0 Å². The van der Waals surface area contributed by atoms with E-state index >= 15 is 0 Å². The van der Waals surface area contributed by atoms with Gasteiger partial charge in [0.1, 0.15) is 12.2 Å². The van der Waals surface area contributed by atoms with Crippen molar-refractivity contribution >= 4 is 16.4 Å². The van der Waals surface area contributed by atoms with Gasteiger partial charge in [-0.3, -0.25) is 4.18 Å². The van der Waals surface area contributed by atoms with Crippen LogP contribution in [0.4, 0.5) is 0 Å². The fourth-order valence-corrected chi connectivity index (χ4v) is 1.80. The van der Waals surface area contributed by atoms with Gasteiger partial charge in [-0.15, -0.1) is 0 Å². The number of aliphatic hydroxyl groups excluding tert-OH is 1. The zero-order valence-corrected chi connectivity index (χ0v) is 8.27. The number of carbonyl (C=O) groups excluding carboxylic acids is 1. The van der Waals surface area contributed by atoms with Crippen molar-refractivity contribution in [3.63, 3.8) is 0 Å². The third kappa shape index (κ3) is 3.59. The van der Waals surface area contributed by atoms with Crippen LogP contribution in [-0.2, 0) is 19.4 Å². The Kier molecular flexibility index (Phi) is 3.45. The average Bonchev–Trinajstić information content (AvgIpc) is 2.05. The summed E-state index contributed by atoms with van der Waals surface area (Å²) in [4.78, 5) is 10.4. The molecule has 86 valence electrons. The van der Waals surface area contributed by atoms with Crippen molar-refractivity contribution in [1.29, 1.82) is 0 Å². The Morgan fingerprint density at radius 3 is 2.60 bits per heavy atom. The lowest BCUT2D eigenvalue weighted by Crippen LogP contribution is -2.36. The van der Waals surface area contributed by atoms with E-state index in [1.807, 2.05) is 0 Å². The first-order valence-corrected chi connectivity index (χ1v) is 5.37. The van der Waals surface area contributed by atoms with Crippen LogP contribution in [0.5, 0.6) is 0 Å². The molecule has 0 heterocycles. The summed E-state index contributed by atoms with van der Waals surface area (Å²) in [6, 6.07) is 0. The standard InChI is InChI=1S/C7H10O7S/c8-5-3-4(7(9)10)1-2-6(5)14-15(11,12)13/h3,5-6,8H,1-2H2,(H,9,10)(H,11,12,13)/p-2/t5-,6?/m1/s1. The van der Waals surface area contributed by atoms with Crippen molar-refractivity contribution in [2.24, 2.45) is 0 Å². The van der Waals surface area contributed by atoms with Crippen molar-refractivity contribution < 1.29 is 32.2 Å². The highest BCUT2D eigenvalue weighted by atomic mass is 32.3. The highest BCUT2D eigenvalue weighted by Crippen LogP contribution is 2.21. The van der Waals surface area contributed by atoms with E-state index in [0.717, 1.165) is 6.08 Å². The van der Waals surface area contributed by atoms with Crippen LogP contribution in [0.2, 0.25) is 0 Å². The lowest BCUT2D eigenvalue weighted by Gasteiger charge is -2.27. The smallest absolute Gasteiger partial charge is 0.218 e. The zero-order chi connectivity index (χ0) is 11.6. The third-order valence-corrected chi connectivity index (χ3v) is 2.44. The van der Waals surface area contributed by atoms with Crippen LogP contribution in [-0.4, -0.2) is 36.3 Å².